The molecule has 0 spiro atoms. The first-order valence-corrected chi connectivity index (χ1v) is 9.89. The van der Waals surface area contributed by atoms with Crippen LogP contribution in [-0.2, 0) is 4.74 Å². The largest absolute Gasteiger partial charge is 0.496 e. The minimum absolute atomic E-state index is 0.140. The molecular weight excluding hydrogens is 391 g/mol. The van der Waals surface area contributed by atoms with E-state index in [0.29, 0.717) is 36.8 Å². The number of piperidine rings is 1. The molecule has 4 N–H and O–H groups in total. The molecule has 1 atom stereocenters. The number of nitrogen functional groups attached to an aromatic ring is 1. The van der Waals surface area contributed by atoms with Gasteiger partial charge in [-0.05, 0) is 50.1 Å². The number of ether oxygens (including phenoxy) is 2. The number of nitrogens with two attached hydrogens (primary N) is 1. The third kappa shape index (κ3) is 4.91. The first-order valence-electron chi connectivity index (χ1n) is 9.89. The fraction of sp³-hybridized carbons (Fsp3) is 0.429. The maximum absolute atomic E-state index is 13.6. The van der Waals surface area contributed by atoms with Crippen LogP contribution in [0.4, 0.5) is 20.8 Å². The maximum atomic E-state index is 13.6. The first kappa shape index (κ1) is 21.6. The summed E-state index contributed by atoms with van der Waals surface area (Å²) >= 11 is 0. The highest BCUT2D eigenvalue weighted by atomic mass is 19.1. The van der Waals surface area contributed by atoms with Crippen LogP contribution in [0.2, 0.25) is 0 Å². The molecule has 2 heterocycles. The Morgan fingerprint density at radius 3 is 2.70 bits per heavy atom. The number of halogens is 1. The molecule has 162 valence electrons. The summed E-state index contributed by atoms with van der Waals surface area (Å²) in [5.74, 6) is 0.592. The molecule has 1 aliphatic heterocycles. The number of rotatable bonds is 6. The standard InChI is InChI=1S/C21H27FN4O4/c1-3-30-21(28)26-10-8-14(9-11-26)24-18-7-5-15(20(23)25-18)19(27)16-12-13(22)4-6-17(16)29-2/h4-7,12,14,19,27H,3,8-11H2,1-2H3,(H3,23,24,25). The third-order valence-electron chi connectivity index (χ3n) is 5.11. The number of anilines is 2. The Morgan fingerprint density at radius 2 is 2.07 bits per heavy atom. The number of amides is 1. The highest BCUT2D eigenvalue weighted by Crippen LogP contribution is 2.33. The van der Waals surface area contributed by atoms with Crippen LogP contribution in [0.25, 0.3) is 0 Å². The number of carbonyl (C=O) groups is 1. The second-order valence-electron chi connectivity index (χ2n) is 7.06. The van der Waals surface area contributed by atoms with Crippen molar-refractivity contribution in [3.63, 3.8) is 0 Å². The molecule has 1 saturated heterocycles. The summed E-state index contributed by atoms with van der Waals surface area (Å²) in [4.78, 5) is 17.8. The lowest BCUT2D eigenvalue weighted by molar-refractivity contribution is 0.0983. The fourth-order valence-electron chi connectivity index (χ4n) is 3.51. The van der Waals surface area contributed by atoms with E-state index in [1.54, 1.807) is 24.0 Å². The van der Waals surface area contributed by atoms with Gasteiger partial charge in [-0.3, -0.25) is 0 Å². The molecule has 1 aromatic heterocycles. The molecule has 2 aromatic rings. The Morgan fingerprint density at radius 1 is 1.33 bits per heavy atom. The fourth-order valence-corrected chi connectivity index (χ4v) is 3.51. The van der Waals surface area contributed by atoms with E-state index in [2.05, 4.69) is 10.3 Å². The Hall–Kier alpha value is -3.07. The van der Waals surface area contributed by atoms with Crippen molar-refractivity contribution in [1.29, 1.82) is 0 Å². The number of hydrogen-bond acceptors (Lipinski definition) is 7. The van der Waals surface area contributed by atoms with Gasteiger partial charge in [-0.2, -0.15) is 0 Å². The Balaban J connectivity index is 1.66. The third-order valence-corrected chi connectivity index (χ3v) is 5.11. The minimum Gasteiger partial charge on any atom is -0.496 e. The van der Waals surface area contributed by atoms with Crippen LogP contribution in [0, 0.1) is 5.82 Å². The number of aliphatic hydroxyl groups is 1. The quantitative estimate of drug-likeness (QED) is 0.662. The van der Waals surface area contributed by atoms with Crippen LogP contribution in [0.3, 0.4) is 0 Å². The lowest BCUT2D eigenvalue weighted by atomic mass is 10.0. The van der Waals surface area contributed by atoms with E-state index in [4.69, 9.17) is 15.2 Å². The van der Waals surface area contributed by atoms with Crippen molar-refractivity contribution < 1.29 is 23.8 Å². The Kier molecular flexibility index (Phi) is 6.94. The number of nitrogens with zero attached hydrogens (tertiary/aromatic N) is 2. The molecule has 1 aliphatic rings. The zero-order valence-corrected chi connectivity index (χ0v) is 17.1. The molecule has 9 heteroatoms. The van der Waals surface area contributed by atoms with E-state index in [-0.39, 0.29) is 23.5 Å². The second kappa shape index (κ2) is 9.62. The predicted molar refractivity (Wildman–Crippen MR) is 111 cm³/mol. The van der Waals surface area contributed by atoms with Gasteiger partial charge in [0.1, 0.15) is 29.3 Å². The van der Waals surface area contributed by atoms with Crippen LogP contribution in [0.15, 0.2) is 30.3 Å². The average Bonchev–Trinajstić information content (AvgIpc) is 2.74. The number of nitrogens with one attached hydrogen (secondary N) is 1. The van der Waals surface area contributed by atoms with E-state index in [1.165, 1.54) is 25.3 Å². The van der Waals surface area contributed by atoms with E-state index in [1.807, 2.05) is 0 Å². The molecule has 1 fully saturated rings. The maximum Gasteiger partial charge on any atom is 0.409 e. The van der Waals surface area contributed by atoms with Crippen molar-refractivity contribution >= 4 is 17.7 Å². The molecule has 0 radical (unpaired) electrons. The zero-order chi connectivity index (χ0) is 21.7. The number of benzene rings is 1. The van der Waals surface area contributed by atoms with Crippen molar-refractivity contribution in [2.45, 2.75) is 31.9 Å². The molecule has 1 aromatic carbocycles. The highest BCUT2D eigenvalue weighted by Gasteiger charge is 2.24. The molecule has 1 amide bonds. The topological polar surface area (TPSA) is 110 Å². The Bertz CT molecular complexity index is 887. The van der Waals surface area contributed by atoms with Gasteiger partial charge in [0.15, 0.2) is 0 Å². The van der Waals surface area contributed by atoms with Gasteiger partial charge in [-0.15, -0.1) is 0 Å². The summed E-state index contributed by atoms with van der Waals surface area (Å²) in [6.45, 7) is 3.34. The predicted octanol–water partition coefficient (Wildman–Crippen LogP) is 2.93. The number of aliphatic hydroxyl groups excluding tert-OH is 1. The molecule has 0 bridgehead atoms. The van der Waals surface area contributed by atoms with Crippen molar-refractivity contribution in [2.75, 3.05) is 37.9 Å². The average molecular weight is 418 g/mol. The molecular formula is C21H27FN4O4. The summed E-state index contributed by atoms with van der Waals surface area (Å²) in [6.07, 6.45) is 0.0470. The van der Waals surface area contributed by atoms with Crippen LogP contribution >= 0.6 is 0 Å². The zero-order valence-electron chi connectivity index (χ0n) is 17.1. The van der Waals surface area contributed by atoms with Crippen LogP contribution in [0.5, 0.6) is 5.75 Å². The van der Waals surface area contributed by atoms with Crippen molar-refractivity contribution in [3.05, 3.63) is 47.3 Å². The molecule has 1 unspecified atom stereocenters. The van der Waals surface area contributed by atoms with Crippen molar-refractivity contribution in [1.82, 2.24) is 9.88 Å². The highest BCUT2D eigenvalue weighted by molar-refractivity contribution is 5.67. The SMILES string of the molecule is CCOC(=O)N1CCC(Nc2ccc(C(O)c3cc(F)ccc3OC)c(N)n2)CC1. The van der Waals surface area contributed by atoms with Gasteiger partial charge in [0, 0.05) is 30.3 Å². The molecule has 0 saturated carbocycles. The summed E-state index contributed by atoms with van der Waals surface area (Å²) in [5.41, 5.74) is 6.71. The van der Waals surface area contributed by atoms with Gasteiger partial charge < -0.3 is 30.5 Å². The van der Waals surface area contributed by atoms with Crippen LogP contribution in [-0.4, -0.2) is 53.9 Å². The smallest absolute Gasteiger partial charge is 0.409 e. The summed E-state index contributed by atoms with van der Waals surface area (Å²) in [7, 11) is 1.45. The monoisotopic (exact) mass is 418 g/mol. The number of hydrogen-bond donors (Lipinski definition) is 3. The van der Waals surface area contributed by atoms with E-state index in [0.717, 1.165) is 12.8 Å². The summed E-state index contributed by atoms with van der Waals surface area (Å²) < 4.78 is 23.9. The number of likely N-dealkylation sites (tertiary alicyclic amines) is 1. The second-order valence-corrected chi connectivity index (χ2v) is 7.06. The molecule has 8 nitrogen and oxygen atoms in total. The van der Waals surface area contributed by atoms with Crippen molar-refractivity contribution in [3.8, 4) is 5.75 Å². The summed E-state index contributed by atoms with van der Waals surface area (Å²) in [5, 5.41) is 14.0. The normalized spacial score (nSPS) is 15.5. The lowest BCUT2D eigenvalue weighted by Crippen LogP contribution is -2.42. The van der Waals surface area contributed by atoms with E-state index >= 15 is 0 Å². The first-order chi connectivity index (χ1) is 14.4. The molecule has 3 rings (SSSR count). The number of pyridine rings is 1. The minimum atomic E-state index is -1.18. The number of aromatic nitrogens is 1. The lowest BCUT2D eigenvalue weighted by Gasteiger charge is -2.32. The van der Waals surface area contributed by atoms with E-state index < -0.39 is 11.9 Å². The summed E-state index contributed by atoms with van der Waals surface area (Å²) in [6, 6.07) is 7.45. The van der Waals surface area contributed by atoms with Crippen LogP contribution in [0.1, 0.15) is 37.0 Å². The van der Waals surface area contributed by atoms with Gasteiger partial charge in [-0.25, -0.2) is 14.2 Å². The van der Waals surface area contributed by atoms with Gasteiger partial charge in [0.2, 0.25) is 0 Å². The van der Waals surface area contributed by atoms with Gasteiger partial charge >= 0.3 is 6.09 Å². The van der Waals surface area contributed by atoms with E-state index in [9.17, 15) is 14.3 Å². The van der Waals surface area contributed by atoms with Gasteiger partial charge in [0.25, 0.3) is 0 Å². The van der Waals surface area contributed by atoms with Gasteiger partial charge in [-0.1, -0.05) is 0 Å². The van der Waals surface area contributed by atoms with Crippen LogP contribution < -0.4 is 15.8 Å². The number of carbonyl (C=O) groups excluding carboxylic acids is 1. The molecule has 30 heavy (non-hydrogen) atoms. The number of methoxy groups -OCH3 is 1. The molecule has 0 aliphatic carbocycles. The van der Waals surface area contributed by atoms with Gasteiger partial charge in [0.05, 0.1) is 13.7 Å². The Labute approximate surface area is 174 Å². The van der Waals surface area contributed by atoms with Crippen molar-refractivity contribution in [2.24, 2.45) is 0 Å².